The second-order valence-electron chi connectivity index (χ2n) is 10.1. The van der Waals surface area contributed by atoms with Crippen molar-refractivity contribution in [1.82, 2.24) is 25.1 Å². The molecule has 7 nitrogen and oxygen atoms in total. The van der Waals surface area contributed by atoms with Crippen LogP contribution >= 0.6 is 0 Å². The summed E-state index contributed by atoms with van der Waals surface area (Å²) in [4.78, 5) is 13.8. The van der Waals surface area contributed by atoms with Crippen molar-refractivity contribution in [2.75, 3.05) is 0 Å². The standard InChI is InChI=1S/C27H25F2N5O2/c1-4-21(35)20-13-36-25(32-20)19-11-30-12-22(31-19)27-9-8-15(26(27,2)3)14-10-18(33-34-24(14)27)23-16(28)6-5-7-17(23)29/h5-7,10-13,15,21,35H,4,8-9H2,1-3H3/t15-,21?,27-/m0/s1. The maximum Gasteiger partial charge on any atom is 0.247 e. The Balaban J connectivity index is 1.47. The molecule has 3 atom stereocenters. The Kier molecular flexibility index (Phi) is 5.05. The Bertz CT molecular complexity index is 1470. The molecule has 1 aromatic carbocycles. The maximum absolute atomic E-state index is 14.5. The molecule has 3 heterocycles. The Morgan fingerprint density at radius 1 is 1.11 bits per heavy atom. The Hall–Kier alpha value is -3.59. The number of aliphatic hydroxyl groups is 1. The summed E-state index contributed by atoms with van der Waals surface area (Å²) >= 11 is 0. The van der Waals surface area contributed by atoms with E-state index in [1.54, 1.807) is 18.5 Å². The third kappa shape index (κ3) is 3.01. The molecule has 0 saturated heterocycles. The average molecular weight is 490 g/mol. The highest BCUT2D eigenvalue weighted by Crippen LogP contribution is 2.69. The highest BCUT2D eigenvalue weighted by molar-refractivity contribution is 5.64. The zero-order valence-electron chi connectivity index (χ0n) is 20.2. The summed E-state index contributed by atoms with van der Waals surface area (Å²) in [5.41, 5.74) is 2.49. The molecule has 0 radical (unpaired) electrons. The van der Waals surface area contributed by atoms with Gasteiger partial charge in [0, 0.05) is 6.20 Å². The van der Waals surface area contributed by atoms with Gasteiger partial charge >= 0.3 is 0 Å². The normalized spacial score (nSPS) is 22.6. The zero-order chi connectivity index (χ0) is 25.2. The molecule has 1 N–H and O–H groups in total. The van der Waals surface area contributed by atoms with E-state index in [1.807, 2.05) is 6.92 Å². The molecule has 36 heavy (non-hydrogen) atoms. The number of aromatic nitrogens is 5. The molecule has 6 rings (SSSR count). The fourth-order valence-electron chi connectivity index (χ4n) is 6.20. The number of rotatable bonds is 5. The molecule has 2 bridgehead atoms. The summed E-state index contributed by atoms with van der Waals surface area (Å²) < 4.78 is 34.6. The first-order chi connectivity index (χ1) is 17.3. The van der Waals surface area contributed by atoms with E-state index in [9.17, 15) is 13.9 Å². The molecule has 1 saturated carbocycles. The van der Waals surface area contributed by atoms with Crippen LogP contribution in [0.25, 0.3) is 22.8 Å². The van der Waals surface area contributed by atoms with Crippen LogP contribution in [0.2, 0.25) is 0 Å². The minimum Gasteiger partial charge on any atom is -0.443 e. The second-order valence-corrected chi connectivity index (χ2v) is 10.1. The summed E-state index contributed by atoms with van der Waals surface area (Å²) in [5, 5.41) is 18.9. The van der Waals surface area contributed by atoms with E-state index < -0.39 is 23.2 Å². The van der Waals surface area contributed by atoms with Crippen molar-refractivity contribution in [3.05, 3.63) is 77.2 Å². The van der Waals surface area contributed by atoms with Crippen molar-refractivity contribution in [2.24, 2.45) is 5.41 Å². The monoisotopic (exact) mass is 489 g/mol. The zero-order valence-corrected chi connectivity index (χ0v) is 20.2. The van der Waals surface area contributed by atoms with Crippen LogP contribution < -0.4 is 0 Å². The van der Waals surface area contributed by atoms with Crippen LogP contribution in [0, 0.1) is 17.0 Å². The number of hydrogen-bond donors (Lipinski definition) is 1. The molecule has 9 heteroatoms. The number of hydrogen-bond acceptors (Lipinski definition) is 7. The van der Waals surface area contributed by atoms with Crippen molar-refractivity contribution >= 4 is 0 Å². The fraction of sp³-hybridized carbons (Fsp3) is 0.370. The lowest BCUT2D eigenvalue weighted by molar-refractivity contribution is 0.169. The van der Waals surface area contributed by atoms with Gasteiger partial charge in [0.2, 0.25) is 5.89 Å². The van der Waals surface area contributed by atoms with E-state index in [-0.39, 0.29) is 28.5 Å². The van der Waals surface area contributed by atoms with Crippen molar-refractivity contribution in [2.45, 2.75) is 57.5 Å². The molecule has 2 aliphatic carbocycles. The van der Waals surface area contributed by atoms with Gasteiger partial charge in [0.25, 0.3) is 0 Å². The lowest BCUT2D eigenvalue weighted by Gasteiger charge is -2.37. The first-order valence-corrected chi connectivity index (χ1v) is 12.1. The molecule has 0 aliphatic heterocycles. The number of benzene rings is 1. The van der Waals surface area contributed by atoms with Gasteiger partial charge in [-0.2, -0.15) is 5.10 Å². The Morgan fingerprint density at radius 3 is 2.64 bits per heavy atom. The largest absolute Gasteiger partial charge is 0.443 e. The van der Waals surface area contributed by atoms with Gasteiger partial charge < -0.3 is 9.52 Å². The second kappa shape index (κ2) is 7.96. The van der Waals surface area contributed by atoms with Crippen molar-refractivity contribution < 1.29 is 18.3 Å². The maximum atomic E-state index is 14.5. The van der Waals surface area contributed by atoms with Crippen LogP contribution in [0.5, 0.6) is 0 Å². The van der Waals surface area contributed by atoms with E-state index in [2.05, 4.69) is 34.0 Å². The molecule has 0 amide bonds. The van der Waals surface area contributed by atoms with Crippen LogP contribution in [-0.4, -0.2) is 30.3 Å². The number of oxazole rings is 1. The number of fused-ring (bicyclic) bond motifs is 5. The SMILES string of the molecule is CCC(O)c1coc(-c2cncc([C@@]34CC[C@@H](c5cc(-c6c(F)cccc6F)nnc53)C4(C)C)n2)n1. The first kappa shape index (κ1) is 22.8. The molecule has 0 spiro atoms. The minimum absolute atomic E-state index is 0.120. The van der Waals surface area contributed by atoms with E-state index in [4.69, 9.17) is 9.40 Å². The predicted molar refractivity (Wildman–Crippen MR) is 127 cm³/mol. The Labute approximate surface area is 206 Å². The number of halogens is 2. The van der Waals surface area contributed by atoms with E-state index >= 15 is 0 Å². The van der Waals surface area contributed by atoms with E-state index in [0.29, 0.717) is 17.8 Å². The van der Waals surface area contributed by atoms with Gasteiger partial charge in [0.15, 0.2) is 0 Å². The van der Waals surface area contributed by atoms with E-state index in [0.717, 1.165) is 29.8 Å². The van der Waals surface area contributed by atoms with Crippen molar-refractivity contribution in [3.8, 4) is 22.8 Å². The van der Waals surface area contributed by atoms with Gasteiger partial charge in [-0.3, -0.25) is 4.98 Å². The van der Waals surface area contributed by atoms with Gasteiger partial charge in [-0.1, -0.05) is 26.8 Å². The van der Waals surface area contributed by atoms with Gasteiger partial charge in [-0.15, -0.1) is 5.10 Å². The molecular weight excluding hydrogens is 464 g/mol. The third-order valence-corrected chi connectivity index (χ3v) is 8.14. The third-order valence-electron chi connectivity index (χ3n) is 8.14. The van der Waals surface area contributed by atoms with E-state index in [1.165, 1.54) is 24.5 Å². The molecule has 4 aromatic rings. The molecule has 1 unspecified atom stereocenters. The molecule has 1 fully saturated rings. The smallest absolute Gasteiger partial charge is 0.247 e. The molecule has 184 valence electrons. The lowest BCUT2D eigenvalue weighted by atomic mass is 9.66. The van der Waals surface area contributed by atoms with Gasteiger partial charge in [0.1, 0.15) is 29.3 Å². The lowest BCUT2D eigenvalue weighted by Crippen LogP contribution is -2.38. The van der Waals surface area contributed by atoms with Crippen LogP contribution in [0.4, 0.5) is 8.78 Å². The van der Waals surface area contributed by atoms with Crippen molar-refractivity contribution in [1.29, 1.82) is 0 Å². The quantitative estimate of drug-likeness (QED) is 0.395. The highest BCUT2D eigenvalue weighted by Gasteiger charge is 2.65. The van der Waals surface area contributed by atoms with Crippen LogP contribution in [0.15, 0.2) is 47.3 Å². The summed E-state index contributed by atoms with van der Waals surface area (Å²) in [6.45, 7) is 6.21. The Morgan fingerprint density at radius 2 is 1.89 bits per heavy atom. The van der Waals surface area contributed by atoms with Crippen LogP contribution in [0.1, 0.15) is 74.7 Å². The minimum atomic E-state index is -0.711. The summed E-state index contributed by atoms with van der Waals surface area (Å²) in [6.07, 6.45) is 6.23. The van der Waals surface area contributed by atoms with Crippen molar-refractivity contribution in [3.63, 3.8) is 0 Å². The highest BCUT2D eigenvalue weighted by atomic mass is 19.1. The molecule has 3 aromatic heterocycles. The summed E-state index contributed by atoms with van der Waals surface area (Å²) in [6, 6.07) is 5.56. The van der Waals surface area contributed by atoms with Gasteiger partial charge in [0.05, 0.1) is 40.4 Å². The topological polar surface area (TPSA) is 97.8 Å². The fourth-order valence-corrected chi connectivity index (χ4v) is 6.20. The number of nitrogens with zero attached hydrogens (tertiary/aromatic N) is 5. The number of aliphatic hydroxyl groups excluding tert-OH is 1. The van der Waals surface area contributed by atoms with Crippen LogP contribution in [-0.2, 0) is 5.41 Å². The molecule has 2 aliphatic rings. The summed E-state index contributed by atoms with van der Waals surface area (Å²) in [5.74, 6) is -0.933. The van der Waals surface area contributed by atoms with Gasteiger partial charge in [-0.25, -0.2) is 18.7 Å². The van der Waals surface area contributed by atoms with Crippen LogP contribution in [0.3, 0.4) is 0 Å². The molecular formula is C27H25F2N5O2. The first-order valence-electron chi connectivity index (χ1n) is 12.1. The summed E-state index contributed by atoms with van der Waals surface area (Å²) in [7, 11) is 0. The predicted octanol–water partition coefficient (Wildman–Crippen LogP) is 5.51. The average Bonchev–Trinajstić information content (AvgIpc) is 3.52. The van der Waals surface area contributed by atoms with Gasteiger partial charge in [-0.05, 0) is 54.4 Å².